The number of sulfonamides is 1. The minimum atomic E-state index is -3.51. The molecule has 28 heavy (non-hydrogen) atoms. The number of nitrogens with one attached hydrogen (secondary N) is 1. The topological polar surface area (TPSA) is 67.9 Å². The van der Waals surface area contributed by atoms with Crippen molar-refractivity contribution < 1.29 is 17.9 Å². The van der Waals surface area contributed by atoms with E-state index in [1.807, 2.05) is 6.07 Å². The summed E-state index contributed by atoms with van der Waals surface area (Å²) in [5, 5.41) is 0. The van der Waals surface area contributed by atoms with E-state index >= 15 is 0 Å². The van der Waals surface area contributed by atoms with Crippen LogP contribution in [-0.2, 0) is 23.0 Å². The van der Waals surface area contributed by atoms with E-state index in [9.17, 15) is 8.42 Å². The molecule has 0 aliphatic carbocycles. The summed E-state index contributed by atoms with van der Waals surface area (Å²) >= 11 is 3.29. The van der Waals surface area contributed by atoms with E-state index in [0.29, 0.717) is 11.0 Å². The summed E-state index contributed by atoms with van der Waals surface area (Å²) in [5.41, 5.74) is 2.52. The third kappa shape index (κ3) is 4.86. The third-order valence-corrected chi connectivity index (χ3v) is 7.34. The molecule has 2 aromatic carbocycles. The van der Waals surface area contributed by atoms with Crippen molar-refractivity contribution in [2.45, 2.75) is 24.3 Å². The number of nitrogens with zero attached hydrogens (tertiary/aromatic N) is 1. The fourth-order valence-corrected chi connectivity index (χ4v) is 5.46. The molecule has 1 aliphatic heterocycles. The molecule has 2 aromatic rings. The minimum Gasteiger partial charge on any atom is -0.493 e. The van der Waals surface area contributed by atoms with Crippen LogP contribution in [0.25, 0.3) is 0 Å². The molecule has 0 bridgehead atoms. The first-order valence-electron chi connectivity index (χ1n) is 9.15. The standard InChI is InChI=1S/C20H25BrN2O4S/c1-26-18-12-15-8-11-23(14-16(15)13-19(18)27-2)10-5-9-22-28(24,25)20-7-4-3-6-17(20)21/h3-4,6-7,12-13,22H,5,8-11,14H2,1-2H3. The SMILES string of the molecule is COc1cc2c(cc1OC)CN(CCCNS(=O)(=O)c1ccccc1Br)CC2. The van der Waals surface area contributed by atoms with E-state index in [-0.39, 0.29) is 4.90 Å². The highest BCUT2D eigenvalue weighted by Crippen LogP contribution is 2.33. The Hall–Kier alpha value is -1.61. The number of rotatable bonds is 8. The lowest BCUT2D eigenvalue weighted by atomic mass is 9.98. The molecule has 152 valence electrons. The highest BCUT2D eigenvalue weighted by molar-refractivity contribution is 9.10. The first kappa shape index (κ1) is 21.1. The van der Waals surface area contributed by atoms with Gasteiger partial charge in [-0.1, -0.05) is 12.1 Å². The lowest BCUT2D eigenvalue weighted by Crippen LogP contribution is -2.34. The van der Waals surface area contributed by atoms with Crippen molar-refractivity contribution in [3.8, 4) is 11.5 Å². The van der Waals surface area contributed by atoms with Crippen LogP contribution in [0.5, 0.6) is 11.5 Å². The Balaban J connectivity index is 1.54. The number of ether oxygens (including phenoxy) is 2. The maximum absolute atomic E-state index is 12.4. The molecule has 0 unspecified atom stereocenters. The number of halogens is 1. The number of hydrogen-bond acceptors (Lipinski definition) is 5. The number of benzene rings is 2. The van der Waals surface area contributed by atoms with Crippen LogP contribution in [0.4, 0.5) is 0 Å². The third-order valence-electron chi connectivity index (χ3n) is 4.87. The Morgan fingerprint density at radius 3 is 2.46 bits per heavy atom. The van der Waals surface area contributed by atoms with Crippen molar-refractivity contribution in [3.05, 3.63) is 52.0 Å². The molecule has 1 N–H and O–H groups in total. The normalized spacial score (nSPS) is 14.5. The fraction of sp³-hybridized carbons (Fsp3) is 0.400. The van der Waals surface area contributed by atoms with Crippen molar-refractivity contribution in [2.24, 2.45) is 0 Å². The van der Waals surface area contributed by atoms with E-state index in [1.165, 1.54) is 11.1 Å². The maximum atomic E-state index is 12.4. The van der Waals surface area contributed by atoms with Crippen LogP contribution in [0.15, 0.2) is 45.8 Å². The summed E-state index contributed by atoms with van der Waals surface area (Å²) in [4.78, 5) is 2.60. The van der Waals surface area contributed by atoms with Gasteiger partial charge in [0.1, 0.15) is 0 Å². The van der Waals surface area contributed by atoms with Crippen LogP contribution in [0.1, 0.15) is 17.5 Å². The van der Waals surface area contributed by atoms with Crippen LogP contribution in [0, 0.1) is 0 Å². The average Bonchev–Trinajstić information content (AvgIpc) is 2.70. The van der Waals surface area contributed by atoms with Gasteiger partial charge in [0, 0.05) is 24.1 Å². The van der Waals surface area contributed by atoms with Gasteiger partial charge in [0.05, 0.1) is 19.1 Å². The van der Waals surface area contributed by atoms with Crippen molar-refractivity contribution >= 4 is 26.0 Å². The molecule has 0 amide bonds. The van der Waals surface area contributed by atoms with E-state index in [1.54, 1.807) is 38.5 Å². The first-order chi connectivity index (χ1) is 13.4. The Kier molecular flexibility index (Phi) is 6.98. The Morgan fingerprint density at radius 2 is 1.79 bits per heavy atom. The molecule has 0 aromatic heterocycles. The predicted molar refractivity (Wildman–Crippen MR) is 112 cm³/mol. The first-order valence-corrected chi connectivity index (χ1v) is 11.4. The van der Waals surface area contributed by atoms with Crippen LogP contribution >= 0.6 is 15.9 Å². The van der Waals surface area contributed by atoms with Gasteiger partial charge in [0.25, 0.3) is 0 Å². The van der Waals surface area contributed by atoms with Crippen LogP contribution < -0.4 is 14.2 Å². The molecule has 0 saturated carbocycles. The molecular weight excluding hydrogens is 444 g/mol. The van der Waals surface area contributed by atoms with E-state index < -0.39 is 10.0 Å². The zero-order chi connectivity index (χ0) is 20.1. The van der Waals surface area contributed by atoms with Crippen molar-refractivity contribution in [3.63, 3.8) is 0 Å². The van der Waals surface area contributed by atoms with Gasteiger partial charge >= 0.3 is 0 Å². The van der Waals surface area contributed by atoms with E-state index in [4.69, 9.17) is 9.47 Å². The summed E-state index contributed by atoms with van der Waals surface area (Å²) in [6.45, 7) is 3.00. The largest absolute Gasteiger partial charge is 0.493 e. The monoisotopic (exact) mass is 468 g/mol. The summed E-state index contributed by atoms with van der Waals surface area (Å²) in [6, 6.07) is 10.9. The highest BCUT2D eigenvalue weighted by Gasteiger charge is 2.20. The summed E-state index contributed by atoms with van der Waals surface area (Å²) in [5.74, 6) is 1.50. The van der Waals surface area contributed by atoms with Gasteiger partial charge in [-0.25, -0.2) is 13.1 Å². The number of hydrogen-bond donors (Lipinski definition) is 1. The number of fused-ring (bicyclic) bond motifs is 1. The van der Waals surface area contributed by atoms with Crippen molar-refractivity contribution in [1.82, 2.24) is 9.62 Å². The van der Waals surface area contributed by atoms with Crippen LogP contribution in [-0.4, -0.2) is 47.2 Å². The average molecular weight is 469 g/mol. The molecule has 6 nitrogen and oxygen atoms in total. The van der Waals surface area contributed by atoms with Gasteiger partial charge in [0.2, 0.25) is 10.0 Å². The fourth-order valence-electron chi connectivity index (χ4n) is 3.38. The molecule has 0 saturated heterocycles. The lowest BCUT2D eigenvalue weighted by molar-refractivity contribution is 0.250. The van der Waals surface area contributed by atoms with Gasteiger partial charge in [0.15, 0.2) is 11.5 Å². The van der Waals surface area contributed by atoms with E-state index in [0.717, 1.165) is 44.0 Å². The smallest absolute Gasteiger partial charge is 0.241 e. The van der Waals surface area contributed by atoms with Gasteiger partial charge in [-0.3, -0.25) is 4.90 Å². The second-order valence-corrected chi connectivity index (χ2v) is 9.27. The second kappa shape index (κ2) is 9.26. The molecule has 0 spiro atoms. The van der Waals surface area contributed by atoms with Crippen molar-refractivity contribution in [1.29, 1.82) is 0 Å². The highest BCUT2D eigenvalue weighted by atomic mass is 79.9. The summed E-state index contributed by atoms with van der Waals surface area (Å²) < 4.78 is 38.9. The van der Waals surface area contributed by atoms with Gasteiger partial charge in [-0.15, -0.1) is 0 Å². The Morgan fingerprint density at radius 1 is 1.11 bits per heavy atom. The Labute approximate surface area is 175 Å². The minimum absolute atomic E-state index is 0.267. The molecule has 1 aliphatic rings. The van der Waals surface area contributed by atoms with Crippen molar-refractivity contribution in [2.75, 3.05) is 33.9 Å². The maximum Gasteiger partial charge on any atom is 0.241 e. The quantitative estimate of drug-likeness (QED) is 0.602. The molecule has 0 radical (unpaired) electrons. The molecule has 3 rings (SSSR count). The molecular formula is C20H25BrN2O4S. The molecule has 0 atom stereocenters. The number of methoxy groups -OCH3 is 2. The summed E-state index contributed by atoms with van der Waals surface area (Å²) in [6.07, 6.45) is 1.69. The zero-order valence-corrected chi connectivity index (χ0v) is 18.5. The molecule has 8 heteroatoms. The zero-order valence-electron chi connectivity index (χ0n) is 16.1. The second-order valence-electron chi connectivity index (χ2n) is 6.68. The summed E-state index contributed by atoms with van der Waals surface area (Å²) in [7, 11) is -0.217. The van der Waals surface area contributed by atoms with Gasteiger partial charge in [-0.2, -0.15) is 0 Å². The predicted octanol–water partition coefficient (Wildman–Crippen LogP) is 3.19. The van der Waals surface area contributed by atoms with Gasteiger partial charge in [-0.05, 0) is 70.7 Å². The van der Waals surface area contributed by atoms with Gasteiger partial charge < -0.3 is 9.47 Å². The van der Waals surface area contributed by atoms with E-state index in [2.05, 4.69) is 31.6 Å². The Bertz CT molecular complexity index is 934. The molecule has 0 fully saturated rings. The van der Waals surface area contributed by atoms with Crippen LogP contribution in [0.3, 0.4) is 0 Å². The van der Waals surface area contributed by atoms with Crippen LogP contribution in [0.2, 0.25) is 0 Å². The molecule has 1 heterocycles. The lowest BCUT2D eigenvalue weighted by Gasteiger charge is -2.29.